The number of unbranched alkanes of at least 4 members (excludes halogenated alkanes) is 20. The standard InChI is InChI=1S/C36H66O6/c37-33(29-23-17-11-5-7-13-19-25-31-35(39)40)27-21-15-9-3-1-2-4-10-16-22-28-34(38)30-24-18-12-6-8-14-20-26-32-36(41)42/h17,23,26,32-34,37-38H,1-16,18-22,24-25,27-31H2,(H,39,40)(H,41,42)/b23-17+,32-26?/t33-,34?/m1/s1. The van der Waals surface area contributed by atoms with E-state index in [-0.39, 0.29) is 18.6 Å². The van der Waals surface area contributed by atoms with Crippen molar-refractivity contribution in [2.45, 2.75) is 192 Å². The summed E-state index contributed by atoms with van der Waals surface area (Å²) in [5.74, 6) is -1.56. The third-order valence-electron chi connectivity index (χ3n) is 8.08. The second kappa shape index (κ2) is 32.3. The molecule has 0 saturated heterocycles. The van der Waals surface area contributed by atoms with Crippen LogP contribution in [0.4, 0.5) is 0 Å². The number of hydrogen-bond acceptors (Lipinski definition) is 4. The number of aliphatic hydroxyl groups is 2. The number of carboxylic acids is 2. The summed E-state index contributed by atoms with van der Waals surface area (Å²) in [5.41, 5.74) is 0. The summed E-state index contributed by atoms with van der Waals surface area (Å²) >= 11 is 0. The fourth-order valence-corrected chi connectivity index (χ4v) is 5.41. The van der Waals surface area contributed by atoms with E-state index in [1.54, 1.807) is 6.08 Å². The molecule has 0 aliphatic rings. The van der Waals surface area contributed by atoms with E-state index in [0.29, 0.717) is 0 Å². The smallest absolute Gasteiger partial charge is 0.327 e. The van der Waals surface area contributed by atoms with Crippen molar-refractivity contribution in [2.24, 2.45) is 0 Å². The van der Waals surface area contributed by atoms with Gasteiger partial charge in [-0.1, -0.05) is 134 Å². The van der Waals surface area contributed by atoms with Gasteiger partial charge in [0, 0.05) is 12.5 Å². The van der Waals surface area contributed by atoms with Gasteiger partial charge in [-0.2, -0.15) is 0 Å². The molecule has 0 aromatic heterocycles. The van der Waals surface area contributed by atoms with Crippen molar-refractivity contribution in [2.75, 3.05) is 0 Å². The van der Waals surface area contributed by atoms with Crippen LogP contribution >= 0.6 is 0 Å². The molecule has 2 atom stereocenters. The number of allylic oxidation sites excluding steroid dienone is 2. The molecule has 42 heavy (non-hydrogen) atoms. The fourth-order valence-electron chi connectivity index (χ4n) is 5.41. The van der Waals surface area contributed by atoms with Gasteiger partial charge in [0.2, 0.25) is 0 Å². The van der Waals surface area contributed by atoms with Crippen LogP contribution in [0.3, 0.4) is 0 Å². The SMILES string of the molecule is O=C(O)C=CCCCCCCCCC(O)CCCCCCCCCCCC[C@@H](O)C/C=C/CCCCCCCC(=O)O. The van der Waals surface area contributed by atoms with Crippen LogP contribution in [-0.4, -0.2) is 44.6 Å². The maximum absolute atomic E-state index is 10.5. The van der Waals surface area contributed by atoms with Crippen molar-refractivity contribution in [1.82, 2.24) is 0 Å². The van der Waals surface area contributed by atoms with E-state index in [2.05, 4.69) is 12.2 Å². The van der Waals surface area contributed by atoms with Crippen LogP contribution in [0.5, 0.6) is 0 Å². The summed E-state index contributed by atoms with van der Waals surface area (Å²) in [5, 5.41) is 37.5. The van der Waals surface area contributed by atoms with Gasteiger partial charge >= 0.3 is 11.9 Å². The minimum absolute atomic E-state index is 0.139. The molecule has 0 saturated carbocycles. The van der Waals surface area contributed by atoms with Crippen molar-refractivity contribution in [3.63, 3.8) is 0 Å². The quantitative estimate of drug-likeness (QED) is 0.0341. The second-order valence-corrected chi connectivity index (χ2v) is 12.3. The molecule has 246 valence electrons. The Morgan fingerprint density at radius 3 is 1.29 bits per heavy atom. The van der Waals surface area contributed by atoms with Crippen LogP contribution in [-0.2, 0) is 9.59 Å². The number of carbonyl (C=O) groups is 2. The Kier molecular flexibility index (Phi) is 31.0. The number of aliphatic hydroxyl groups excluding tert-OH is 2. The molecule has 4 N–H and O–H groups in total. The Bertz CT molecular complexity index is 659. The highest BCUT2D eigenvalue weighted by molar-refractivity contribution is 5.79. The molecule has 0 amide bonds. The van der Waals surface area contributed by atoms with E-state index < -0.39 is 11.9 Å². The molecule has 0 aromatic carbocycles. The highest BCUT2D eigenvalue weighted by atomic mass is 16.4. The fraction of sp³-hybridized carbons (Fsp3) is 0.833. The third kappa shape index (κ3) is 34.5. The molecule has 6 heteroatoms. The summed E-state index contributed by atoms with van der Waals surface area (Å²) in [6.07, 6.45) is 37.2. The first-order valence-corrected chi connectivity index (χ1v) is 17.5. The summed E-state index contributed by atoms with van der Waals surface area (Å²) in [4.78, 5) is 20.9. The van der Waals surface area contributed by atoms with Gasteiger partial charge in [-0.05, 0) is 57.8 Å². The summed E-state index contributed by atoms with van der Waals surface area (Å²) in [6.45, 7) is 0. The lowest BCUT2D eigenvalue weighted by atomic mass is 10.0. The molecule has 0 aliphatic heterocycles. The highest BCUT2D eigenvalue weighted by Gasteiger charge is 2.04. The molecule has 0 fully saturated rings. The van der Waals surface area contributed by atoms with Crippen molar-refractivity contribution in [3.8, 4) is 0 Å². The number of hydrogen-bond donors (Lipinski definition) is 4. The van der Waals surface area contributed by atoms with Gasteiger partial charge in [0.1, 0.15) is 0 Å². The lowest BCUT2D eigenvalue weighted by Crippen LogP contribution is -2.05. The van der Waals surface area contributed by atoms with Gasteiger partial charge < -0.3 is 20.4 Å². The summed E-state index contributed by atoms with van der Waals surface area (Å²) in [7, 11) is 0. The van der Waals surface area contributed by atoms with Crippen LogP contribution in [0.15, 0.2) is 24.3 Å². The van der Waals surface area contributed by atoms with E-state index >= 15 is 0 Å². The summed E-state index contributed by atoms with van der Waals surface area (Å²) < 4.78 is 0. The van der Waals surface area contributed by atoms with E-state index in [1.807, 2.05) is 0 Å². The minimum Gasteiger partial charge on any atom is -0.481 e. The molecule has 0 radical (unpaired) electrons. The monoisotopic (exact) mass is 594 g/mol. The maximum atomic E-state index is 10.5. The predicted octanol–water partition coefficient (Wildman–Crippen LogP) is 9.91. The molecule has 1 unspecified atom stereocenters. The molecular weight excluding hydrogens is 528 g/mol. The molecule has 0 bridgehead atoms. The Balaban J connectivity index is 3.30. The molecule has 0 rings (SSSR count). The van der Waals surface area contributed by atoms with Gasteiger partial charge in [0.25, 0.3) is 0 Å². The molecule has 0 spiro atoms. The van der Waals surface area contributed by atoms with Crippen LogP contribution in [0, 0.1) is 0 Å². The normalized spacial score (nSPS) is 13.3. The molecular formula is C36H66O6. The van der Waals surface area contributed by atoms with Crippen molar-refractivity contribution >= 4 is 11.9 Å². The minimum atomic E-state index is -0.867. The zero-order valence-corrected chi connectivity index (χ0v) is 26.9. The van der Waals surface area contributed by atoms with Gasteiger partial charge in [-0.3, -0.25) is 4.79 Å². The zero-order valence-electron chi connectivity index (χ0n) is 26.9. The Labute approximate surface area is 258 Å². The first-order chi connectivity index (χ1) is 20.4. The first kappa shape index (κ1) is 40.3. The third-order valence-corrected chi connectivity index (χ3v) is 8.08. The van der Waals surface area contributed by atoms with Crippen molar-refractivity contribution in [1.29, 1.82) is 0 Å². The Morgan fingerprint density at radius 1 is 0.452 bits per heavy atom. The number of carboxylic acid groups (broad SMARTS) is 2. The van der Waals surface area contributed by atoms with Gasteiger partial charge in [-0.25, -0.2) is 4.79 Å². The topological polar surface area (TPSA) is 115 Å². The van der Waals surface area contributed by atoms with Crippen LogP contribution in [0.25, 0.3) is 0 Å². The number of aliphatic carboxylic acids is 2. The predicted molar refractivity (Wildman–Crippen MR) is 175 cm³/mol. The van der Waals surface area contributed by atoms with Gasteiger partial charge in [0.15, 0.2) is 0 Å². The Morgan fingerprint density at radius 2 is 0.833 bits per heavy atom. The van der Waals surface area contributed by atoms with E-state index in [4.69, 9.17) is 10.2 Å². The largest absolute Gasteiger partial charge is 0.481 e. The zero-order chi connectivity index (χ0) is 30.9. The van der Waals surface area contributed by atoms with Gasteiger partial charge in [-0.15, -0.1) is 0 Å². The molecule has 0 aliphatic carbocycles. The van der Waals surface area contributed by atoms with Gasteiger partial charge in [0.05, 0.1) is 12.2 Å². The van der Waals surface area contributed by atoms with Crippen molar-refractivity contribution in [3.05, 3.63) is 24.3 Å². The van der Waals surface area contributed by atoms with Crippen LogP contribution in [0.1, 0.15) is 180 Å². The van der Waals surface area contributed by atoms with Crippen molar-refractivity contribution < 1.29 is 30.0 Å². The second-order valence-electron chi connectivity index (χ2n) is 12.3. The van der Waals surface area contributed by atoms with E-state index in [0.717, 1.165) is 103 Å². The average Bonchev–Trinajstić information content (AvgIpc) is 2.95. The van der Waals surface area contributed by atoms with E-state index in [9.17, 15) is 19.8 Å². The van der Waals surface area contributed by atoms with E-state index in [1.165, 1.54) is 76.7 Å². The lowest BCUT2D eigenvalue weighted by Gasteiger charge is -2.10. The summed E-state index contributed by atoms with van der Waals surface area (Å²) in [6, 6.07) is 0. The number of rotatable bonds is 33. The Hall–Kier alpha value is -1.66. The van der Waals surface area contributed by atoms with Crippen LogP contribution in [0.2, 0.25) is 0 Å². The maximum Gasteiger partial charge on any atom is 0.327 e. The average molecular weight is 595 g/mol. The van der Waals surface area contributed by atoms with Crippen LogP contribution < -0.4 is 0 Å². The first-order valence-electron chi connectivity index (χ1n) is 17.5. The molecule has 6 nitrogen and oxygen atoms in total. The molecule has 0 aromatic rings. The lowest BCUT2D eigenvalue weighted by molar-refractivity contribution is -0.137. The molecule has 0 heterocycles. The highest BCUT2D eigenvalue weighted by Crippen LogP contribution is 2.16.